The number of nitrogens with two attached hydrogens (primary N) is 1. The molecule has 134 valence electrons. The van der Waals surface area contributed by atoms with Gasteiger partial charge in [-0.25, -0.2) is 0 Å². The molecule has 5 nitrogen and oxygen atoms in total. The minimum absolute atomic E-state index is 0.163. The third-order valence-corrected chi connectivity index (χ3v) is 4.51. The van der Waals surface area contributed by atoms with Crippen LogP contribution in [0, 0.1) is 0 Å². The number of phenolic OH excluding ortho intramolecular Hbond substituents is 1. The Morgan fingerprint density at radius 3 is 2.56 bits per heavy atom. The molecule has 4 N–H and O–H groups in total. The summed E-state index contributed by atoms with van der Waals surface area (Å²) in [5.74, 6) is 0.841. The highest BCUT2D eigenvalue weighted by atomic mass is 79.9. The van der Waals surface area contributed by atoms with E-state index in [4.69, 9.17) is 10.5 Å². The number of benzene rings is 2. The number of carbonyl (C=O) groups excluding carboxylic acids is 1. The van der Waals surface area contributed by atoms with Crippen LogP contribution in [0.4, 0.5) is 0 Å². The van der Waals surface area contributed by atoms with E-state index in [-0.39, 0.29) is 11.7 Å². The monoisotopic (exact) mass is 406 g/mol. The van der Waals surface area contributed by atoms with Gasteiger partial charge in [0.15, 0.2) is 0 Å². The first-order valence-electron chi connectivity index (χ1n) is 8.13. The maximum Gasteiger partial charge on any atom is 0.237 e. The summed E-state index contributed by atoms with van der Waals surface area (Å²) in [7, 11) is 1.64. The fraction of sp³-hybridized carbons (Fsp3) is 0.316. The van der Waals surface area contributed by atoms with Gasteiger partial charge in [-0.15, -0.1) is 0 Å². The topological polar surface area (TPSA) is 84.6 Å². The number of rotatable bonds is 8. The fourth-order valence-electron chi connectivity index (χ4n) is 2.48. The van der Waals surface area contributed by atoms with Crippen molar-refractivity contribution in [1.29, 1.82) is 0 Å². The summed E-state index contributed by atoms with van der Waals surface area (Å²) in [6, 6.07) is 12.1. The fourth-order valence-corrected chi connectivity index (χ4v) is 3.07. The van der Waals surface area contributed by atoms with Gasteiger partial charge in [-0.3, -0.25) is 4.79 Å². The van der Waals surface area contributed by atoms with E-state index < -0.39 is 6.04 Å². The third-order valence-electron chi connectivity index (χ3n) is 3.89. The number of halogens is 1. The second-order valence-corrected chi connectivity index (χ2v) is 6.69. The molecule has 2 aromatic rings. The number of methoxy groups -OCH3 is 1. The van der Waals surface area contributed by atoms with Gasteiger partial charge in [0.05, 0.1) is 17.6 Å². The Morgan fingerprint density at radius 2 is 1.92 bits per heavy atom. The van der Waals surface area contributed by atoms with Crippen LogP contribution in [-0.4, -0.2) is 30.7 Å². The predicted octanol–water partition coefficient (Wildman–Crippen LogP) is 2.78. The zero-order valence-corrected chi connectivity index (χ0v) is 15.8. The zero-order valence-electron chi connectivity index (χ0n) is 14.2. The van der Waals surface area contributed by atoms with E-state index in [1.165, 1.54) is 5.56 Å². The van der Waals surface area contributed by atoms with Crippen molar-refractivity contribution in [3.63, 3.8) is 0 Å². The number of nitrogens with one attached hydrogen (secondary N) is 1. The van der Waals surface area contributed by atoms with Crippen molar-refractivity contribution in [2.45, 2.75) is 25.3 Å². The quantitative estimate of drug-likeness (QED) is 0.588. The van der Waals surface area contributed by atoms with Gasteiger partial charge in [0, 0.05) is 6.54 Å². The molecule has 1 atom stereocenters. The maximum atomic E-state index is 12.1. The number of amides is 1. The zero-order chi connectivity index (χ0) is 18.2. The first-order chi connectivity index (χ1) is 12.0. The number of aryl methyl sites for hydroxylation is 1. The molecular formula is C19H23BrN2O3. The molecule has 25 heavy (non-hydrogen) atoms. The van der Waals surface area contributed by atoms with Crippen molar-refractivity contribution >= 4 is 21.8 Å². The Morgan fingerprint density at radius 1 is 1.24 bits per heavy atom. The molecule has 0 heterocycles. The summed E-state index contributed by atoms with van der Waals surface area (Å²) in [5.41, 5.74) is 8.03. The number of phenols is 1. The second kappa shape index (κ2) is 9.44. The molecular weight excluding hydrogens is 384 g/mol. The Kier molecular flexibility index (Phi) is 7.28. The third kappa shape index (κ3) is 6.07. The highest BCUT2D eigenvalue weighted by Gasteiger charge is 2.13. The van der Waals surface area contributed by atoms with E-state index in [2.05, 4.69) is 21.2 Å². The SMILES string of the molecule is COc1ccc(CCCNC(=O)[C@@H](N)Cc2ccc(O)cc2)cc1Br. The summed E-state index contributed by atoms with van der Waals surface area (Å²) in [4.78, 5) is 12.1. The number of hydrogen-bond acceptors (Lipinski definition) is 4. The van der Waals surface area contributed by atoms with E-state index in [1.54, 1.807) is 31.4 Å². The van der Waals surface area contributed by atoms with Crippen molar-refractivity contribution in [2.24, 2.45) is 5.73 Å². The van der Waals surface area contributed by atoms with Crippen LogP contribution >= 0.6 is 15.9 Å². The average molecular weight is 407 g/mol. The predicted molar refractivity (Wildman–Crippen MR) is 102 cm³/mol. The van der Waals surface area contributed by atoms with Crippen LogP contribution in [-0.2, 0) is 17.6 Å². The van der Waals surface area contributed by atoms with Crippen molar-refractivity contribution < 1.29 is 14.6 Å². The lowest BCUT2D eigenvalue weighted by atomic mass is 10.1. The average Bonchev–Trinajstić information content (AvgIpc) is 2.60. The smallest absolute Gasteiger partial charge is 0.237 e. The number of aromatic hydroxyl groups is 1. The standard InChI is InChI=1S/C19H23BrN2O3/c1-25-18-9-6-13(11-16(18)20)3-2-10-22-19(24)17(21)12-14-4-7-15(23)8-5-14/h4-9,11,17,23H,2-3,10,12,21H2,1H3,(H,22,24)/t17-/m0/s1. The molecule has 1 amide bonds. The van der Waals surface area contributed by atoms with Crippen LogP contribution in [0.1, 0.15) is 17.5 Å². The lowest BCUT2D eigenvalue weighted by Gasteiger charge is -2.12. The first-order valence-corrected chi connectivity index (χ1v) is 8.92. The van der Waals surface area contributed by atoms with Crippen LogP contribution in [0.25, 0.3) is 0 Å². The molecule has 0 bridgehead atoms. The van der Waals surface area contributed by atoms with E-state index in [0.717, 1.165) is 28.6 Å². The molecule has 2 rings (SSSR count). The Balaban J connectivity index is 1.72. The lowest BCUT2D eigenvalue weighted by Crippen LogP contribution is -2.42. The summed E-state index contributed by atoms with van der Waals surface area (Å²) in [6.07, 6.45) is 2.13. The van der Waals surface area contributed by atoms with E-state index in [9.17, 15) is 9.90 Å². The minimum Gasteiger partial charge on any atom is -0.508 e. The van der Waals surface area contributed by atoms with Gasteiger partial charge in [0.25, 0.3) is 0 Å². The second-order valence-electron chi connectivity index (χ2n) is 5.84. The highest BCUT2D eigenvalue weighted by molar-refractivity contribution is 9.10. The van der Waals surface area contributed by atoms with Crippen molar-refractivity contribution in [3.05, 3.63) is 58.1 Å². The molecule has 2 aromatic carbocycles. The van der Waals surface area contributed by atoms with Crippen molar-refractivity contribution in [1.82, 2.24) is 5.32 Å². The Hall–Kier alpha value is -2.05. The number of carbonyl (C=O) groups is 1. The van der Waals surface area contributed by atoms with Crippen LogP contribution in [0.5, 0.6) is 11.5 Å². The molecule has 0 fully saturated rings. The molecule has 0 aliphatic carbocycles. The highest BCUT2D eigenvalue weighted by Crippen LogP contribution is 2.25. The number of ether oxygens (including phenoxy) is 1. The van der Waals surface area contributed by atoms with Gasteiger partial charge in [0.1, 0.15) is 11.5 Å². The molecule has 0 radical (unpaired) electrons. The van der Waals surface area contributed by atoms with E-state index in [0.29, 0.717) is 13.0 Å². The molecule has 0 aromatic heterocycles. The largest absolute Gasteiger partial charge is 0.508 e. The maximum absolute atomic E-state index is 12.1. The molecule has 0 spiro atoms. The first kappa shape index (κ1) is 19.3. The van der Waals surface area contributed by atoms with E-state index in [1.807, 2.05) is 18.2 Å². The molecule has 0 unspecified atom stereocenters. The van der Waals surface area contributed by atoms with Gasteiger partial charge in [-0.2, -0.15) is 0 Å². The van der Waals surface area contributed by atoms with Gasteiger partial charge in [-0.1, -0.05) is 18.2 Å². The Bertz CT molecular complexity index is 704. The van der Waals surface area contributed by atoms with Gasteiger partial charge in [0.2, 0.25) is 5.91 Å². The molecule has 0 saturated heterocycles. The van der Waals surface area contributed by atoms with Crippen molar-refractivity contribution in [3.8, 4) is 11.5 Å². The van der Waals surface area contributed by atoms with Crippen LogP contribution in [0.2, 0.25) is 0 Å². The summed E-state index contributed by atoms with van der Waals surface area (Å²) in [6.45, 7) is 0.575. The molecule has 0 aliphatic heterocycles. The summed E-state index contributed by atoms with van der Waals surface area (Å²) >= 11 is 3.47. The van der Waals surface area contributed by atoms with Gasteiger partial charge in [-0.05, 0) is 70.6 Å². The molecule has 6 heteroatoms. The van der Waals surface area contributed by atoms with Gasteiger partial charge >= 0.3 is 0 Å². The molecule has 0 aliphatic rings. The Labute approximate surface area is 156 Å². The summed E-state index contributed by atoms with van der Waals surface area (Å²) in [5, 5.41) is 12.1. The van der Waals surface area contributed by atoms with Crippen LogP contribution < -0.4 is 15.8 Å². The van der Waals surface area contributed by atoms with Crippen LogP contribution in [0.15, 0.2) is 46.9 Å². The van der Waals surface area contributed by atoms with Crippen molar-refractivity contribution in [2.75, 3.05) is 13.7 Å². The molecule has 0 saturated carbocycles. The van der Waals surface area contributed by atoms with Gasteiger partial charge < -0.3 is 20.9 Å². The lowest BCUT2D eigenvalue weighted by molar-refractivity contribution is -0.122. The van der Waals surface area contributed by atoms with Crippen LogP contribution in [0.3, 0.4) is 0 Å². The minimum atomic E-state index is -0.598. The number of hydrogen-bond donors (Lipinski definition) is 3. The normalized spacial score (nSPS) is 11.8. The summed E-state index contributed by atoms with van der Waals surface area (Å²) < 4.78 is 6.13. The van der Waals surface area contributed by atoms with E-state index >= 15 is 0 Å².